The predicted octanol–water partition coefficient (Wildman–Crippen LogP) is 3.54. The Morgan fingerprint density at radius 3 is 2.11 bits per heavy atom. The number of ether oxygens (including phenoxy) is 1. The first-order valence-corrected chi connectivity index (χ1v) is 4.75. The first kappa shape index (κ1) is 14.6. The zero-order valence-corrected chi connectivity index (χ0v) is 8.85. The second-order valence-electron chi connectivity index (χ2n) is 3.51. The van der Waals surface area contributed by atoms with Crippen molar-refractivity contribution >= 4 is 0 Å². The Hall–Kier alpha value is -1.44. The maximum atomic E-state index is 12.1. The Morgan fingerprint density at radius 1 is 1.06 bits per heavy atom. The standard InChI is InChI=1S/C10H9F6NO/c11-9(12,13)5-7(17)6-3-1-2-4-8(6)18-10(14,15)16/h1-4,7H,5,17H2/t7-/m1/s1. The summed E-state index contributed by atoms with van der Waals surface area (Å²) in [5, 5.41) is 0. The highest BCUT2D eigenvalue weighted by atomic mass is 19.4. The summed E-state index contributed by atoms with van der Waals surface area (Å²) in [6.07, 6.45) is -11.0. The first-order chi connectivity index (χ1) is 8.08. The Labute approximate surface area is 98.3 Å². The summed E-state index contributed by atoms with van der Waals surface area (Å²) in [5.41, 5.74) is 4.89. The van der Waals surface area contributed by atoms with E-state index in [1.165, 1.54) is 12.1 Å². The summed E-state index contributed by atoms with van der Waals surface area (Å²) in [7, 11) is 0. The second-order valence-corrected chi connectivity index (χ2v) is 3.51. The maximum Gasteiger partial charge on any atom is 0.573 e. The van der Waals surface area contributed by atoms with E-state index in [1.807, 2.05) is 0 Å². The fraction of sp³-hybridized carbons (Fsp3) is 0.400. The van der Waals surface area contributed by atoms with Crippen LogP contribution in [0.25, 0.3) is 0 Å². The van der Waals surface area contributed by atoms with Crippen molar-refractivity contribution in [3.05, 3.63) is 29.8 Å². The van der Waals surface area contributed by atoms with Crippen LogP contribution in [0.15, 0.2) is 24.3 Å². The van der Waals surface area contributed by atoms with Crippen molar-refractivity contribution in [2.24, 2.45) is 5.73 Å². The molecule has 0 fully saturated rings. The van der Waals surface area contributed by atoms with E-state index in [4.69, 9.17) is 5.73 Å². The lowest BCUT2D eigenvalue weighted by molar-refractivity contribution is -0.275. The van der Waals surface area contributed by atoms with Crippen LogP contribution in [-0.4, -0.2) is 12.5 Å². The molecule has 0 aromatic heterocycles. The highest BCUT2D eigenvalue weighted by Crippen LogP contribution is 2.34. The van der Waals surface area contributed by atoms with Crippen LogP contribution in [0.1, 0.15) is 18.0 Å². The van der Waals surface area contributed by atoms with E-state index in [-0.39, 0.29) is 5.56 Å². The zero-order valence-electron chi connectivity index (χ0n) is 8.85. The van der Waals surface area contributed by atoms with Crippen molar-refractivity contribution in [2.45, 2.75) is 25.0 Å². The van der Waals surface area contributed by atoms with Crippen molar-refractivity contribution in [3.8, 4) is 5.75 Å². The molecule has 0 bridgehead atoms. The number of halogens is 6. The molecule has 8 heteroatoms. The van der Waals surface area contributed by atoms with Gasteiger partial charge in [-0.1, -0.05) is 18.2 Å². The molecule has 0 amide bonds. The molecule has 2 nitrogen and oxygen atoms in total. The van der Waals surface area contributed by atoms with Gasteiger partial charge in [-0.2, -0.15) is 13.2 Å². The smallest absolute Gasteiger partial charge is 0.405 e. The quantitative estimate of drug-likeness (QED) is 0.855. The number of para-hydroxylation sites is 1. The van der Waals surface area contributed by atoms with Crippen LogP contribution in [0.4, 0.5) is 26.3 Å². The molecule has 1 rings (SSSR count). The van der Waals surface area contributed by atoms with Gasteiger partial charge in [0.05, 0.1) is 6.42 Å². The molecule has 1 aromatic rings. The molecule has 1 aromatic carbocycles. The molecule has 0 aliphatic heterocycles. The largest absolute Gasteiger partial charge is 0.573 e. The molecule has 0 saturated heterocycles. The average molecular weight is 273 g/mol. The molecule has 102 valence electrons. The van der Waals surface area contributed by atoms with E-state index in [9.17, 15) is 26.3 Å². The molecule has 0 unspecified atom stereocenters. The van der Waals surface area contributed by atoms with Gasteiger partial charge in [0.2, 0.25) is 0 Å². The van der Waals surface area contributed by atoms with E-state index < -0.39 is 30.8 Å². The van der Waals surface area contributed by atoms with Crippen LogP contribution in [0.5, 0.6) is 5.75 Å². The minimum atomic E-state index is -4.98. The lowest BCUT2D eigenvalue weighted by atomic mass is 10.0. The number of rotatable bonds is 3. The Balaban J connectivity index is 2.95. The van der Waals surface area contributed by atoms with Gasteiger partial charge in [-0.25, -0.2) is 0 Å². The minimum absolute atomic E-state index is 0.341. The molecule has 0 heterocycles. The van der Waals surface area contributed by atoms with Gasteiger partial charge < -0.3 is 10.5 Å². The van der Waals surface area contributed by atoms with Crippen LogP contribution in [0.3, 0.4) is 0 Å². The number of hydrogen-bond acceptors (Lipinski definition) is 2. The van der Waals surface area contributed by atoms with Gasteiger partial charge in [-0.15, -0.1) is 13.2 Å². The molecule has 0 radical (unpaired) electrons. The summed E-state index contributed by atoms with van der Waals surface area (Å²) in [4.78, 5) is 0. The number of benzene rings is 1. The maximum absolute atomic E-state index is 12.1. The van der Waals surface area contributed by atoms with Gasteiger partial charge in [0.15, 0.2) is 0 Å². The van der Waals surface area contributed by atoms with E-state index >= 15 is 0 Å². The van der Waals surface area contributed by atoms with E-state index in [2.05, 4.69) is 4.74 Å². The highest BCUT2D eigenvalue weighted by molar-refractivity contribution is 5.36. The topological polar surface area (TPSA) is 35.2 Å². The van der Waals surface area contributed by atoms with Crippen LogP contribution in [0.2, 0.25) is 0 Å². The van der Waals surface area contributed by atoms with E-state index in [0.29, 0.717) is 0 Å². The molecule has 18 heavy (non-hydrogen) atoms. The first-order valence-electron chi connectivity index (χ1n) is 4.75. The molecule has 2 N–H and O–H groups in total. The molecule has 0 spiro atoms. The molecule has 0 aliphatic rings. The molecule has 0 saturated carbocycles. The summed E-state index contributed by atoms with van der Waals surface area (Å²) < 4.78 is 76.1. The Bertz CT molecular complexity index is 400. The Morgan fingerprint density at radius 2 is 1.61 bits per heavy atom. The summed E-state index contributed by atoms with van der Waals surface area (Å²) in [6.45, 7) is 0. The van der Waals surface area contributed by atoms with Crippen molar-refractivity contribution in [3.63, 3.8) is 0 Å². The van der Waals surface area contributed by atoms with Crippen LogP contribution >= 0.6 is 0 Å². The van der Waals surface area contributed by atoms with Crippen LogP contribution < -0.4 is 10.5 Å². The minimum Gasteiger partial charge on any atom is -0.405 e. The average Bonchev–Trinajstić information content (AvgIpc) is 2.12. The third kappa shape index (κ3) is 4.82. The molecular weight excluding hydrogens is 264 g/mol. The number of nitrogens with two attached hydrogens (primary N) is 1. The van der Waals surface area contributed by atoms with Gasteiger partial charge in [-0.05, 0) is 6.07 Å². The predicted molar refractivity (Wildman–Crippen MR) is 50.7 cm³/mol. The monoisotopic (exact) mass is 273 g/mol. The van der Waals surface area contributed by atoms with Crippen molar-refractivity contribution < 1.29 is 31.1 Å². The van der Waals surface area contributed by atoms with Gasteiger partial charge in [0.1, 0.15) is 5.75 Å². The normalized spacial score (nSPS) is 14.4. The lowest BCUT2D eigenvalue weighted by Crippen LogP contribution is -2.23. The number of hydrogen-bond donors (Lipinski definition) is 1. The highest BCUT2D eigenvalue weighted by Gasteiger charge is 2.35. The fourth-order valence-electron chi connectivity index (χ4n) is 1.36. The van der Waals surface area contributed by atoms with E-state index in [0.717, 1.165) is 12.1 Å². The van der Waals surface area contributed by atoms with Crippen LogP contribution in [0, 0.1) is 0 Å². The fourth-order valence-corrected chi connectivity index (χ4v) is 1.36. The second kappa shape index (κ2) is 5.05. The third-order valence-corrected chi connectivity index (χ3v) is 2.00. The van der Waals surface area contributed by atoms with Crippen molar-refractivity contribution in [1.82, 2.24) is 0 Å². The SMILES string of the molecule is N[C@H](CC(F)(F)F)c1ccccc1OC(F)(F)F. The lowest BCUT2D eigenvalue weighted by Gasteiger charge is -2.18. The zero-order chi connectivity index (χ0) is 14.0. The summed E-state index contributed by atoms with van der Waals surface area (Å²) in [6, 6.07) is 2.87. The number of alkyl halides is 6. The van der Waals surface area contributed by atoms with Gasteiger partial charge >= 0.3 is 12.5 Å². The summed E-state index contributed by atoms with van der Waals surface area (Å²) >= 11 is 0. The van der Waals surface area contributed by atoms with Crippen molar-refractivity contribution in [1.29, 1.82) is 0 Å². The Kier molecular flexibility index (Phi) is 4.10. The van der Waals surface area contributed by atoms with Gasteiger partial charge in [0, 0.05) is 11.6 Å². The van der Waals surface area contributed by atoms with Gasteiger partial charge in [0.25, 0.3) is 0 Å². The van der Waals surface area contributed by atoms with E-state index in [1.54, 1.807) is 0 Å². The molecule has 0 aliphatic carbocycles. The third-order valence-electron chi connectivity index (χ3n) is 2.00. The van der Waals surface area contributed by atoms with Crippen LogP contribution in [-0.2, 0) is 0 Å². The molecular formula is C10H9F6NO. The van der Waals surface area contributed by atoms with Crippen molar-refractivity contribution in [2.75, 3.05) is 0 Å². The van der Waals surface area contributed by atoms with Gasteiger partial charge in [-0.3, -0.25) is 0 Å². The molecule has 1 atom stereocenters. The summed E-state index contributed by atoms with van der Waals surface area (Å²) in [5.74, 6) is -0.721.